The maximum atomic E-state index is 12.7. The van der Waals surface area contributed by atoms with E-state index in [0.717, 1.165) is 9.37 Å². The van der Waals surface area contributed by atoms with E-state index < -0.39 is 11.8 Å². The van der Waals surface area contributed by atoms with Gasteiger partial charge >= 0.3 is 0 Å². The number of halogens is 3. The molecule has 0 unspecified atom stereocenters. The minimum Gasteiger partial charge on any atom is -0.495 e. The number of anilines is 2. The van der Waals surface area contributed by atoms with Gasteiger partial charge in [-0.05, 0) is 42.5 Å². The monoisotopic (exact) mass is 440 g/mol. The average Bonchev–Trinajstić information content (AvgIpc) is 2.80. The lowest BCUT2D eigenvalue weighted by molar-refractivity contribution is -0.120. The Kier molecular flexibility index (Phi) is 5.03. The van der Waals surface area contributed by atoms with Gasteiger partial charge in [-0.25, -0.2) is 4.90 Å². The number of carbonyl (C=O) groups excluding carboxylic acids is 2. The van der Waals surface area contributed by atoms with Crippen molar-refractivity contribution in [3.05, 3.63) is 62.7 Å². The van der Waals surface area contributed by atoms with E-state index in [1.54, 1.807) is 42.5 Å². The van der Waals surface area contributed by atoms with Crippen molar-refractivity contribution < 1.29 is 14.3 Å². The van der Waals surface area contributed by atoms with Crippen LogP contribution in [0.15, 0.2) is 57.7 Å². The van der Waals surface area contributed by atoms with E-state index in [1.165, 1.54) is 7.11 Å². The number of rotatable bonds is 4. The van der Waals surface area contributed by atoms with Gasteiger partial charge < -0.3 is 10.1 Å². The summed E-state index contributed by atoms with van der Waals surface area (Å²) in [6, 6.07) is 11.6. The van der Waals surface area contributed by atoms with Gasteiger partial charge in [0.25, 0.3) is 11.8 Å². The fourth-order valence-electron chi connectivity index (χ4n) is 2.35. The molecule has 8 heteroatoms. The Hall–Kier alpha value is -2.02. The van der Waals surface area contributed by atoms with E-state index >= 15 is 0 Å². The van der Waals surface area contributed by atoms with Gasteiger partial charge in [-0.3, -0.25) is 9.59 Å². The highest BCUT2D eigenvalue weighted by Crippen LogP contribution is 2.34. The fourth-order valence-corrected chi connectivity index (χ4v) is 3.00. The molecular formula is C17H11BrCl2N2O3. The highest BCUT2D eigenvalue weighted by atomic mass is 79.9. The third kappa shape index (κ3) is 3.38. The van der Waals surface area contributed by atoms with Gasteiger partial charge in [0.15, 0.2) is 0 Å². The van der Waals surface area contributed by atoms with E-state index in [4.69, 9.17) is 27.9 Å². The molecular weight excluding hydrogens is 431 g/mol. The predicted octanol–water partition coefficient (Wildman–Crippen LogP) is 4.55. The van der Waals surface area contributed by atoms with Crippen LogP contribution in [0.25, 0.3) is 0 Å². The maximum Gasteiger partial charge on any atom is 0.283 e. The van der Waals surface area contributed by atoms with Crippen molar-refractivity contribution in [1.82, 2.24) is 0 Å². The second-order valence-electron chi connectivity index (χ2n) is 5.08. The lowest BCUT2D eigenvalue weighted by Crippen LogP contribution is -2.32. The Bertz CT molecular complexity index is 897. The summed E-state index contributed by atoms with van der Waals surface area (Å²) in [6.07, 6.45) is 0. The van der Waals surface area contributed by atoms with Gasteiger partial charge in [0.1, 0.15) is 16.5 Å². The highest BCUT2D eigenvalue weighted by molar-refractivity contribution is 9.10. The number of methoxy groups -OCH3 is 1. The van der Waals surface area contributed by atoms with Crippen LogP contribution in [0.4, 0.5) is 11.4 Å². The van der Waals surface area contributed by atoms with Gasteiger partial charge in [-0.2, -0.15) is 0 Å². The Morgan fingerprint density at radius 2 is 1.72 bits per heavy atom. The van der Waals surface area contributed by atoms with Crippen LogP contribution in [0.3, 0.4) is 0 Å². The second-order valence-corrected chi connectivity index (χ2v) is 6.81. The molecule has 0 saturated carbocycles. The number of amides is 2. The van der Waals surface area contributed by atoms with Crippen molar-refractivity contribution >= 4 is 62.3 Å². The van der Waals surface area contributed by atoms with Crippen LogP contribution >= 0.6 is 39.1 Å². The molecule has 1 heterocycles. The zero-order valence-corrected chi connectivity index (χ0v) is 15.9. The molecule has 0 bridgehead atoms. The summed E-state index contributed by atoms with van der Waals surface area (Å²) in [5.74, 6) is -0.694. The van der Waals surface area contributed by atoms with Crippen molar-refractivity contribution in [3.63, 3.8) is 0 Å². The van der Waals surface area contributed by atoms with Gasteiger partial charge in [-0.1, -0.05) is 39.1 Å². The number of nitrogens with one attached hydrogen (secondary N) is 1. The first-order valence-corrected chi connectivity index (χ1v) is 8.62. The molecule has 2 aromatic carbocycles. The predicted molar refractivity (Wildman–Crippen MR) is 101 cm³/mol. The van der Waals surface area contributed by atoms with Crippen LogP contribution in [0.2, 0.25) is 5.02 Å². The average molecular weight is 442 g/mol. The molecule has 0 aromatic heterocycles. The first-order chi connectivity index (χ1) is 11.9. The zero-order chi connectivity index (χ0) is 18.1. The van der Waals surface area contributed by atoms with Gasteiger partial charge in [0, 0.05) is 9.50 Å². The number of benzene rings is 2. The van der Waals surface area contributed by atoms with E-state index in [2.05, 4.69) is 21.2 Å². The minimum atomic E-state index is -0.600. The molecule has 1 aliphatic rings. The van der Waals surface area contributed by atoms with Crippen molar-refractivity contribution in [1.29, 1.82) is 0 Å². The van der Waals surface area contributed by atoms with Crippen LogP contribution < -0.4 is 15.0 Å². The smallest absolute Gasteiger partial charge is 0.283 e. The second kappa shape index (κ2) is 7.07. The molecule has 128 valence electrons. The van der Waals surface area contributed by atoms with E-state index in [9.17, 15) is 9.59 Å². The van der Waals surface area contributed by atoms with Crippen LogP contribution in [0.1, 0.15) is 0 Å². The molecule has 5 nitrogen and oxygen atoms in total. The van der Waals surface area contributed by atoms with Crippen molar-refractivity contribution in [3.8, 4) is 5.75 Å². The Balaban J connectivity index is 1.95. The number of carbonyl (C=O) groups is 2. The first kappa shape index (κ1) is 17.8. The van der Waals surface area contributed by atoms with Crippen molar-refractivity contribution in [2.24, 2.45) is 0 Å². The van der Waals surface area contributed by atoms with Crippen molar-refractivity contribution in [2.45, 2.75) is 0 Å². The quantitative estimate of drug-likeness (QED) is 0.707. The molecule has 1 aliphatic heterocycles. The van der Waals surface area contributed by atoms with Crippen LogP contribution in [0.5, 0.6) is 5.75 Å². The topological polar surface area (TPSA) is 58.6 Å². The SMILES string of the molecule is COc1ccc(Cl)cc1NC1=C(Cl)C(=O)N(c2ccc(Br)cc2)C1=O. The summed E-state index contributed by atoms with van der Waals surface area (Å²) >= 11 is 15.4. The number of ether oxygens (including phenoxy) is 1. The molecule has 0 atom stereocenters. The minimum absolute atomic E-state index is 0.0323. The fraction of sp³-hybridized carbons (Fsp3) is 0.0588. The van der Waals surface area contributed by atoms with Gasteiger partial charge in [0.2, 0.25) is 0 Å². The summed E-state index contributed by atoms with van der Waals surface area (Å²) in [7, 11) is 1.49. The molecule has 0 fully saturated rings. The summed E-state index contributed by atoms with van der Waals surface area (Å²) in [5.41, 5.74) is 0.823. The standard InChI is InChI=1S/C17H11BrCl2N2O3/c1-25-13-7-4-10(19)8-12(13)21-15-14(20)16(23)22(17(15)24)11-5-2-9(18)3-6-11/h2-8,21H,1H3. The third-order valence-corrected chi connectivity index (χ3v) is 4.65. The molecule has 0 spiro atoms. The largest absolute Gasteiger partial charge is 0.495 e. The van der Waals surface area contributed by atoms with E-state index in [0.29, 0.717) is 22.1 Å². The summed E-state index contributed by atoms with van der Waals surface area (Å²) in [4.78, 5) is 26.2. The normalized spacial score (nSPS) is 14.3. The zero-order valence-electron chi connectivity index (χ0n) is 12.8. The highest BCUT2D eigenvalue weighted by Gasteiger charge is 2.39. The number of hydrogen-bond acceptors (Lipinski definition) is 4. The third-order valence-electron chi connectivity index (χ3n) is 3.53. The van der Waals surface area contributed by atoms with Crippen molar-refractivity contribution in [2.75, 3.05) is 17.3 Å². The Morgan fingerprint density at radius 1 is 1.04 bits per heavy atom. The number of nitrogens with zero attached hydrogens (tertiary/aromatic N) is 1. The van der Waals surface area contributed by atoms with E-state index in [-0.39, 0.29) is 10.7 Å². The molecule has 3 rings (SSSR count). The summed E-state index contributed by atoms with van der Waals surface area (Å²) in [6.45, 7) is 0. The molecule has 0 radical (unpaired) electrons. The molecule has 0 saturated heterocycles. The van der Waals surface area contributed by atoms with Gasteiger partial charge in [0.05, 0.1) is 18.5 Å². The lowest BCUT2D eigenvalue weighted by atomic mass is 10.2. The molecule has 1 N–H and O–H groups in total. The molecule has 0 aliphatic carbocycles. The summed E-state index contributed by atoms with van der Waals surface area (Å²) < 4.78 is 6.06. The molecule has 25 heavy (non-hydrogen) atoms. The van der Waals surface area contributed by atoms with Gasteiger partial charge in [-0.15, -0.1) is 0 Å². The summed E-state index contributed by atoms with van der Waals surface area (Å²) in [5, 5.41) is 3.11. The molecule has 2 aromatic rings. The number of hydrogen-bond donors (Lipinski definition) is 1. The van der Waals surface area contributed by atoms with Crippen LogP contribution in [0, 0.1) is 0 Å². The maximum absolute atomic E-state index is 12.7. The van der Waals surface area contributed by atoms with E-state index in [1.807, 2.05) is 0 Å². The number of imide groups is 1. The Morgan fingerprint density at radius 3 is 2.36 bits per heavy atom. The molecule has 2 amide bonds. The van der Waals surface area contributed by atoms with Crippen LogP contribution in [-0.2, 0) is 9.59 Å². The van der Waals surface area contributed by atoms with Crippen LogP contribution in [-0.4, -0.2) is 18.9 Å². The first-order valence-electron chi connectivity index (χ1n) is 7.07. The Labute approximate surface area is 162 Å². The lowest BCUT2D eigenvalue weighted by Gasteiger charge is -2.16.